The molecule has 0 atom stereocenters. The van der Waals surface area contributed by atoms with Gasteiger partial charge in [-0.3, -0.25) is 4.79 Å². The fourth-order valence-corrected chi connectivity index (χ4v) is 3.51. The summed E-state index contributed by atoms with van der Waals surface area (Å²) in [5.74, 6) is -0.0668. The monoisotopic (exact) mass is 383 g/mol. The highest BCUT2D eigenvalue weighted by Crippen LogP contribution is 2.30. The molecule has 4 rings (SSSR count). The van der Waals surface area contributed by atoms with Gasteiger partial charge in [0.05, 0.1) is 16.8 Å². The normalized spacial score (nSPS) is 11.3. The number of aromatic nitrogens is 1. The molecule has 146 valence electrons. The fraction of sp³-hybridized carbons (Fsp3) is 0.200. The van der Waals surface area contributed by atoms with Crippen molar-refractivity contribution >= 4 is 27.6 Å². The second-order valence-electron chi connectivity index (χ2n) is 7.66. The van der Waals surface area contributed by atoms with E-state index in [0.29, 0.717) is 12.1 Å². The molecule has 1 N–H and O–H groups in total. The highest BCUT2D eigenvalue weighted by molar-refractivity contribution is 6.14. The molecule has 4 heteroatoms. The minimum atomic E-state index is -0.0668. The number of fused-ring (bicyclic) bond motifs is 3. The van der Waals surface area contributed by atoms with Crippen LogP contribution in [0.1, 0.15) is 15.9 Å². The Hall–Kier alpha value is -3.24. The molecule has 0 unspecified atom stereocenters. The van der Waals surface area contributed by atoms with E-state index in [4.69, 9.17) is 4.98 Å². The van der Waals surface area contributed by atoms with Crippen molar-refractivity contribution in [3.8, 4) is 11.3 Å². The Labute approximate surface area is 171 Å². The van der Waals surface area contributed by atoms with Crippen LogP contribution in [0.4, 0.5) is 0 Å². The van der Waals surface area contributed by atoms with Gasteiger partial charge in [0.2, 0.25) is 0 Å². The summed E-state index contributed by atoms with van der Waals surface area (Å²) in [6.07, 6.45) is 0. The van der Waals surface area contributed by atoms with Crippen LogP contribution in [0, 0.1) is 6.92 Å². The number of benzene rings is 3. The van der Waals surface area contributed by atoms with Crippen molar-refractivity contribution in [2.24, 2.45) is 0 Å². The summed E-state index contributed by atoms with van der Waals surface area (Å²) < 4.78 is 0. The van der Waals surface area contributed by atoms with Crippen LogP contribution >= 0.6 is 0 Å². The number of pyridine rings is 1. The fourth-order valence-electron chi connectivity index (χ4n) is 3.51. The lowest BCUT2D eigenvalue weighted by atomic mass is 9.99. The Morgan fingerprint density at radius 2 is 1.72 bits per heavy atom. The Kier molecular flexibility index (Phi) is 5.28. The van der Waals surface area contributed by atoms with Crippen molar-refractivity contribution in [3.63, 3.8) is 0 Å². The van der Waals surface area contributed by atoms with Gasteiger partial charge >= 0.3 is 0 Å². The SMILES string of the molecule is Cc1ccc(-c2cc(C(=O)NCCN(C)C)c3ccc4ccccc4c3n2)cc1. The number of carbonyl (C=O) groups excluding carboxylic acids is 1. The summed E-state index contributed by atoms with van der Waals surface area (Å²) in [5, 5.41) is 6.10. The van der Waals surface area contributed by atoms with Crippen LogP contribution in [-0.4, -0.2) is 43.0 Å². The van der Waals surface area contributed by atoms with Gasteiger partial charge in [-0.2, -0.15) is 0 Å². The second-order valence-corrected chi connectivity index (χ2v) is 7.66. The van der Waals surface area contributed by atoms with E-state index < -0.39 is 0 Å². The first kappa shape index (κ1) is 19.1. The zero-order valence-corrected chi connectivity index (χ0v) is 17.1. The van der Waals surface area contributed by atoms with Crippen LogP contribution < -0.4 is 5.32 Å². The number of nitrogens with zero attached hydrogens (tertiary/aromatic N) is 2. The van der Waals surface area contributed by atoms with Crippen molar-refractivity contribution < 1.29 is 4.79 Å². The van der Waals surface area contributed by atoms with Gasteiger partial charge in [-0.25, -0.2) is 4.98 Å². The molecule has 1 heterocycles. The molecule has 1 aromatic heterocycles. The summed E-state index contributed by atoms with van der Waals surface area (Å²) in [4.78, 5) is 20.1. The summed E-state index contributed by atoms with van der Waals surface area (Å²) in [6.45, 7) is 3.46. The van der Waals surface area contributed by atoms with Crippen LogP contribution in [-0.2, 0) is 0 Å². The van der Waals surface area contributed by atoms with E-state index in [0.717, 1.165) is 39.5 Å². The topological polar surface area (TPSA) is 45.2 Å². The maximum atomic E-state index is 13.1. The number of hydrogen-bond donors (Lipinski definition) is 1. The number of nitrogens with one attached hydrogen (secondary N) is 1. The average molecular weight is 383 g/mol. The van der Waals surface area contributed by atoms with E-state index in [-0.39, 0.29) is 5.91 Å². The van der Waals surface area contributed by atoms with E-state index in [2.05, 4.69) is 59.6 Å². The molecule has 0 aliphatic heterocycles. The van der Waals surface area contributed by atoms with Crippen molar-refractivity contribution in [3.05, 3.63) is 77.9 Å². The zero-order chi connectivity index (χ0) is 20.4. The highest BCUT2D eigenvalue weighted by atomic mass is 16.1. The Balaban J connectivity index is 1.89. The molecule has 4 aromatic rings. The van der Waals surface area contributed by atoms with Gasteiger partial charge in [-0.05, 0) is 32.5 Å². The minimum Gasteiger partial charge on any atom is -0.351 e. The lowest BCUT2D eigenvalue weighted by Gasteiger charge is -2.14. The number of likely N-dealkylation sites (N-methyl/N-ethyl adjacent to an activating group) is 1. The van der Waals surface area contributed by atoms with Crippen molar-refractivity contribution in [2.45, 2.75) is 6.92 Å². The first-order chi connectivity index (χ1) is 14.0. The minimum absolute atomic E-state index is 0.0668. The Bertz CT molecular complexity index is 1180. The molecular weight excluding hydrogens is 358 g/mol. The molecule has 0 saturated carbocycles. The van der Waals surface area contributed by atoms with Gasteiger partial charge < -0.3 is 10.2 Å². The Morgan fingerprint density at radius 1 is 0.966 bits per heavy atom. The molecule has 1 amide bonds. The van der Waals surface area contributed by atoms with Gasteiger partial charge in [0.25, 0.3) is 5.91 Å². The van der Waals surface area contributed by atoms with Crippen LogP contribution in [0.15, 0.2) is 66.7 Å². The molecule has 0 aliphatic carbocycles. The molecular formula is C25H25N3O. The smallest absolute Gasteiger partial charge is 0.252 e. The van der Waals surface area contributed by atoms with E-state index in [9.17, 15) is 4.79 Å². The van der Waals surface area contributed by atoms with Gasteiger partial charge in [0.15, 0.2) is 0 Å². The maximum Gasteiger partial charge on any atom is 0.252 e. The summed E-state index contributed by atoms with van der Waals surface area (Å²) >= 11 is 0. The molecule has 29 heavy (non-hydrogen) atoms. The van der Waals surface area contributed by atoms with Crippen LogP contribution in [0.5, 0.6) is 0 Å². The van der Waals surface area contributed by atoms with Crippen LogP contribution in [0.25, 0.3) is 32.9 Å². The molecule has 0 saturated heterocycles. The third-order valence-corrected chi connectivity index (χ3v) is 5.14. The maximum absolute atomic E-state index is 13.1. The van der Waals surface area contributed by atoms with Crippen LogP contribution in [0.3, 0.4) is 0 Å². The van der Waals surface area contributed by atoms with E-state index in [1.807, 2.05) is 38.4 Å². The van der Waals surface area contributed by atoms with Gasteiger partial charge in [0.1, 0.15) is 0 Å². The molecule has 4 nitrogen and oxygen atoms in total. The first-order valence-electron chi connectivity index (χ1n) is 9.85. The van der Waals surface area contributed by atoms with E-state index >= 15 is 0 Å². The average Bonchev–Trinajstić information content (AvgIpc) is 2.73. The third kappa shape index (κ3) is 3.98. The standard InChI is InChI=1S/C25H25N3O/c1-17-8-10-19(11-9-17)23-16-22(25(29)26-14-15-28(2)3)21-13-12-18-6-4-5-7-20(18)24(21)27-23/h4-13,16H,14-15H2,1-3H3,(H,26,29). The zero-order valence-electron chi connectivity index (χ0n) is 17.1. The summed E-state index contributed by atoms with van der Waals surface area (Å²) in [5.41, 5.74) is 4.54. The largest absolute Gasteiger partial charge is 0.351 e. The summed E-state index contributed by atoms with van der Waals surface area (Å²) in [7, 11) is 3.99. The number of rotatable bonds is 5. The highest BCUT2D eigenvalue weighted by Gasteiger charge is 2.15. The number of aryl methyl sites for hydroxylation is 1. The molecule has 0 fully saturated rings. The molecule has 0 spiro atoms. The number of amides is 1. The molecule has 3 aromatic carbocycles. The van der Waals surface area contributed by atoms with Crippen molar-refractivity contribution in [2.75, 3.05) is 27.2 Å². The van der Waals surface area contributed by atoms with Gasteiger partial charge in [-0.1, -0.05) is 66.2 Å². The number of carbonyl (C=O) groups is 1. The van der Waals surface area contributed by atoms with Gasteiger partial charge in [-0.15, -0.1) is 0 Å². The first-order valence-corrected chi connectivity index (χ1v) is 9.85. The number of hydrogen-bond acceptors (Lipinski definition) is 3. The molecule has 0 radical (unpaired) electrons. The van der Waals surface area contributed by atoms with E-state index in [1.165, 1.54) is 5.56 Å². The van der Waals surface area contributed by atoms with Gasteiger partial charge in [0, 0.05) is 29.4 Å². The van der Waals surface area contributed by atoms with Crippen molar-refractivity contribution in [1.29, 1.82) is 0 Å². The van der Waals surface area contributed by atoms with Crippen molar-refractivity contribution in [1.82, 2.24) is 15.2 Å². The quantitative estimate of drug-likeness (QED) is 0.510. The predicted molar refractivity (Wildman–Crippen MR) is 120 cm³/mol. The molecule has 0 aliphatic rings. The second kappa shape index (κ2) is 8.02. The Morgan fingerprint density at radius 3 is 2.48 bits per heavy atom. The lowest BCUT2D eigenvalue weighted by molar-refractivity contribution is 0.0952. The molecule has 0 bridgehead atoms. The third-order valence-electron chi connectivity index (χ3n) is 5.14. The lowest BCUT2D eigenvalue weighted by Crippen LogP contribution is -2.31. The summed E-state index contributed by atoms with van der Waals surface area (Å²) in [6, 6.07) is 22.4. The predicted octanol–water partition coefficient (Wildman–Crippen LogP) is 4.65. The van der Waals surface area contributed by atoms with Crippen LogP contribution in [0.2, 0.25) is 0 Å². The van der Waals surface area contributed by atoms with E-state index in [1.54, 1.807) is 0 Å².